The Balaban J connectivity index is 0.901. The van der Waals surface area contributed by atoms with Crippen LogP contribution in [0.4, 0.5) is 0 Å². The normalized spacial score (nSPS) is 30.0. The van der Waals surface area contributed by atoms with Crippen molar-refractivity contribution in [2.45, 2.75) is 62.2 Å². The van der Waals surface area contributed by atoms with Crippen molar-refractivity contribution in [3.63, 3.8) is 0 Å². The molecule has 31 heavy (non-hydrogen) atoms. The molecule has 4 fully saturated rings. The van der Waals surface area contributed by atoms with Gasteiger partial charge in [0.05, 0.1) is 18.3 Å². The summed E-state index contributed by atoms with van der Waals surface area (Å²) in [5, 5.41) is 10.4. The Kier molecular flexibility index (Phi) is 4.85. The fourth-order valence-corrected chi connectivity index (χ4v) is 5.29. The molecule has 0 atom stereocenters. The van der Waals surface area contributed by atoms with Crippen molar-refractivity contribution in [3.05, 3.63) is 41.7 Å². The number of rotatable bonds is 9. The lowest BCUT2D eigenvalue weighted by Crippen LogP contribution is -2.63. The second-order valence-corrected chi connectivity index (χ2v) is 10.2. The lowest BCUT2D eigenvalue weighted by molar-refractivity contribution is -0.138. The molecule has 0 bridgehead atoms. The summed E-state index contributed by atoms with van der Waals surface area (Å²) in [5.74, 6) is 2.45. The van der Waals surface area contributed by atoms with E-state index >= 15 is 0 Å². The monoisotopic (exact) mass is 424 g/mol. The van der Waals surface area contributed by atoms with E-state index in [1.54, 1.807) is 0 Å². The van der Waals surface area contributed by atoms with Crippen molar-refractivity contribution in [3.8, 4) is 5.75 Å². The van der Waals surface area contributed by atoms with Gasteiger partial charge >= 0.3 is 0 Å². The molecular weight excluding hydrogens is 392 g/mol. The summed E-state index contributed by atoms with van der Waals surface area (Å²) in [6.45, 7) is 3.81. The number of benzene rings is 1. The molecule has 3 aliphatic carbocycles. The Bertz CT molecular complexity index is 862. The fourth-order valence-electron chi connectivity index (χ4n) is 5.29. The van der Waals surface area contributed by atoms with Crippen molar-refractivity contribution < 1.29 is 19.4 Å². The zero-order valence-electron chi connectivity index (χ0n) is 18.0. The number of ether oxygens (including phenoxy) is 2. The molecule has 166 valence electrons. The fraction of sp³-hybridized carbons (Fsp3) is 0.640. The van der Waals surface area contributed by atoms with Gasteiger partial charge in [0.2, 0.25) is 0 Å². The minimum atomic E-state index is -0.413. The highest BCUT2D eigenvalue weighted by molar-refractivity contribution is 5.94. The van der Waals surface area contributed by atoms with Gasteiger partial charge in [-0.25, -0.2) is 0 Å². The van der Waals surface area contributed by atoms with Crippen LogP contribution in [0.25, 0.3) is 0 Å². The van der Waals surface area contributed by atoms with Crippen LogP contribution < -0.4 is 4.74 Å². The number of likely N-dealkylation sites (tertiary alicyclic amines) is 1. The summed E-state index contributed by atoms with van der Waals surface area (Å²) in [6.07, 6.45) is 8.88. The van der Waals surface area contributed by atoms with Crippen LogP contribution in [0.2, 0.25) is 0 Å². The third kappa shape index (κ3) is 4.01. The van der Waals surface area contributed by atoms with Crippen LogP contribution in [0.5, 0.6) is 5.75 Å². The van der Waals surface area contributed by atoms with Gasteiger partial charge in [-0.1, -0.05) is 12.1 Å². The SMILES string of the molecule is O=C1C(Oc2ccc(C3CC3)cc2)=CCN1C1CC(OCCN2CC(O)(C3CC3)C2)C1. The zero-order chi connectivity index (χ0) is 21.0. The molecule has 3 saturated carbocycles. The van der Waals surface area contributed by atoms with Crippen molar-refractivity contribution in [2.75, 3.05) is 32.8 Å². The number of amides is 1. The number of hydrogen-bond donors (Lipinski definition) is 1. The van der Waals surface area contributed by atoms with E-state index in [0.717, 1.165) is 44.1 Å². The third-order valence-corrected chi connectivity index (χ3v) is 7.71. The summed E-state index contributed by atoms with van der Waals surface area (Å²) in [6, 6.07) is 8.43. The molecular formula is C25H32N2O4. The molecule has 0 spiro atoms. The molecule has 1 aromatic rings. The van der Waals surface area contributed by atoms with E-state index in [1.807, 2.05) is 23.1 Å². The standard InChI is InChI=1S/C25H32N2O4/c28-24-23(31-21-7-3-18(4-8-21)17-1-2-17)9-10-27(24)20-13-22(14-20)30-12-11-26-15-25(29,16-26)19-5-6-19/h3-4,7-9,17,19-20,22,29H,1-2,5-6,10-16H2. The summed E-state index contributed by atoms with van der Waals surface area (Å²) in [5.41, 5.74) is 0.956. The van der Waals surface area contributed by atoms with Gasteiger partial charge in [-0.15, -0.1) is 0 Å². The molecule has 2 heterocycles. The molecule has 5 aliphatic rings. The van der Waals surface area contributed by atoms with Gasteiger partial charge in [-0.2, -0.15) is 0 Å². The van der Waals surface area contributed by atoms with Crippen molar-refractivity contribution >= 4 is 5.91 Å². The minimum absolute atomic E-state index is 0.00494. The van der Waals surface area contributed by atoms with Gasteiger partial charge in [-0.05, 0) is 74.1 Å². The number of nitrogens with zero attached hydrogens (tertiary/aromatic N) is 2. The number of carbonyl (C=O) groups excluding carboxylic acids is 1. The molecule has 0 radical (unpaired) electrons. The highest BCUT2D eigenvalue weighted by Gasteiger charge is 2.51. The van der Waals surface area contributed by atoms with Crippen LogP contribution in [0.3, 0.4) is 0 Å². The van der Waals surface area contributed by atoms with E-state index in [4.69, 9.17) is 9.47 Å². The number of aliphatic hydroxyl groups is 1. The average Bonchev–Trinajstić information content (AvgIpc) is 3.61. The topological polar surface area (TPSA) is 62.2 Å². The first-order valence-electron chi connectivity index (χ1n) is 11.9. The molecule has 0 unspecified atom stereocenters. The van der Waals surface area contributed by atoms with E-state index in [0.29, 0.717) is 24.8 Å². The van der Waals surface area contributed by atoms with Crippen molar-refractivity contribution in [1.82, 2.24) is 9.80 Å². The summed E-state index contributed by atoms with van der Waals surface area (Å²) >= 11 is 0. The van der Waals surface area contributed by atoms with Crippen LogP contribution in [0.1, 0.15) is 50.0 Å². The summed E-state index contributed by atoms with van der Waals surface area (Å²) in [4.78, 5) is 17.0. The second-order valence-electron chi connectivity index (χ2n) is 10.2. The smallest absolute Gasteiger partial charge is 0.289 e. The number of hydrogen-bond acceptors (Lipinski definition) is 5. The van der Waals surface area contributed by atoms with Crippen LogP contribution in [0.15, 0.2) is 36.1 Å². The number of carbonyl (C=O) groups is 1. The molecule has 1 saturated heterocycles. The first-order chi connectivity index (χ1) is 15.1. The molecule has 6 nitrogen and oxygen atoms in total. The summed E-state index contributed by atoms with van der Waals surface area (Å²) < 4.78 is 11.9. The van der Waals surface area contributed by atoms with Gasteiger partial charge in [0.1, 0.15) is 5.75 Å². The van der Waals surface area contributed by atoms with Gasteiger partial charge in [0, 0.05) is 32.2 Å². The maximum absolute atomic E-state index is 12.8. The van der Waals surface area contributed by atoms with Gasteiger partial charge in [-0.3, -0.25) is 9.69 Å². The quantitative estimate of drug-likeness (QED) is 0.660. The van der Waals surface area contributed by atoms with E-state index in [9.17, 15) is 9.90 Å². The van der Waals surface area contributed by atoms with E-state index < -0.39 is 5.60 Å². The molecule has 0 aromatic heterocycles. The predicted octanol–water partition coefficient (Wildman–Crippen LogP) is 2.67. The lowest BCUT2D eigenvalue weighted by Gasteiger charge is -2.47. The van der Waals surface area contributed by atoms with Gasteiger partial charge in [0.25, 0.3) is 5.91 Å². The van der Waals surface area contributed by atoms with Crippen molar-refractivity contribution in [2.24, 2.45) is 5.92 Å². The van der Waals surface area contributed by atoms with E-state index in [-0.39, 0.29) is 18.1 Å². The van der Waals surface area contributed by atoms with Gasteiger partial charge < -0.3 is 19.5 Å². The minimum Gasteiger partial charge on any atom is -0.452 e. The van der Waals surface area contributed by atoms with Crippen LogP contribution in [-0.4, -0.2) is 71.3 Å². The Labute approximate surface area is 183 Å². The summed E-state index contributed by atoms with van der Waals surface area (Å²) in [7, 11) is 0. The Morgan fingerprint density at radius 1 is 1.06 bits per heavy atom. The molecule has 6 heteroatoms. The molecule has 6 rings (SSSR count). The largest absolute Gasteiger partial charge is 0.452 e. The van der Waals surface area contributed by atoms with Crippen LogP contribution >= 0.6 is 0 Å². The first kappa shape index (κ1) is 19.8. The average molecular weight is 425 g/mol. The molecule has 1 N–H and O–H groups in total. The molecule has 1 aromatic carbocycles. The van der Waals surface area contributed by atoms with Crippen molar-refractivity contribution in [1.29, 1.82) is 0 Å². The third-order valence-electron chi connectivity index (χ3n) is 7.71. The molecule has 1 amide bonds. The highest BCUT2D eigenvalue weighted by atomic mass is 16.5. The maximum atomic E-state index is 12.8. The van der Waals surface area contributed by atoms with E-state index in [1.165, 1.54) is 31.2 Å². The predicted molar refractivity (Wildman–Crippen MR) is 116 cm³/mol. The lowest BCUT2D eigenvalue weighted by atomic mass is 9.87. The van der Waals surface area contributed by atoms with Crippen LogP contribution in [0, 0.1) is 5.92 Å². The Morgan fingerprint density at radius 2 is 1.81 bits per heavy atom. The molecule has 2 aliphatic heterocycles. The van der Waals surface area contributed by atoms with E-state index in [2.05, 4.69) is 17.0 Å². The Hall–Kier alpha value is -1.89. The van der Waals surface area contributed by atoms with Crippen LogP contribution in [-0.2, 0) is 9.53 Å². The number of β-amino-alcohol motifs (C(OH)–C–C–N with tert-alkyl or cyclic N) is 1. The van der Waals surface area contributed by atoms with Gasteiger partial charge in [0.15, 0.2) is 5.76 Å². The zero-order valence-corrected chi connectivity index (χ0v) is 18.0. The highest BCUT2D eigenvalue weighted by Crippen LogP contribution is 2.44. The Morgan fingerprint density at radius 3 is 2.48 bits per heavy atom. The first-order valence-corrected chi connectivity index (χ1v) is 11.9. The second kappa shape index (κ2) is 7.61. The maximum Gasteiger partial charge on any atom is 0.289 e.